The number of carbonyl (C=O) groups excluding carboxylic acids is 1. The van der Waals surface area contributed by atoms with Gasteiger partial charge in [-0.15, -0.1) is 0 Å². The number of aliphatic carboxylic acids is 1. The van der Waals surface area contributed by atoms with Gasteiger partial charge >= 0.3 is 5.97 Å². The number of amides is 1. The Morgan fingerprint density at radius 1 is 1.27 bits per heavy atom. The van der Waals surface area contributed by atoms with Crippen molar-refractivity contribution in [3.63, 3.8) is 0 Å². The molecule has 122 valence electrons. The summed E-state index contributed by atoms with van der Waals surface area (Å²) in [6, 6.07) is 2.39. The third-order valence-corrected chi connectivity index (χ3v) is 4.69. The van der Waals surface area contributed by atoms with E-state index in [4.69, 9.17) is 5.11 Å². The largest absolute Gasteiger partial charge is 0.480 e. The summed E-state index contributed by atoms with van der Waals surface area (Å²) in [4.78, 5) is 23.2. The van der Waals surface area contributed by atoms with Gasteiger partial charge in [-0.25, -0.2) is 17.6 Å². The normalized spacial score (nSPS) is 14.2. The van der Waals surface area contributed by atoms with Crippen LogP contribution in [-0.2, 0) is 19.6 Å². The zero-order chi connectivity index (χ0) is 17.1. The zero-order valence-electron chi connectivity index (χ0n) is 12.3. The van der Waals surface area contributed by atoms with Crippen molar-refractivity contribution in [2.24, 2.45) is 0 Å². The molecule has 2 atom stereocenters. The van der Waals surface area contributed by atoms with E-state index in [1.54, 1.807) is 0 Å². The summed E-state index contributed by atoms with van der Waals surface area (Å²) in [6.45, 7) is 2.55. The van der Waals surface area contributed by atoms with Gasteiger partial charge in [-0.1, -0.05) is 12.1 Å². The first-order valence-corrected chi connectivity index (χ1v) is 7.82. The second-order valence-electron chi connectivity index (χ2n) is 4.74. The maximum atomic E-state index is 13.5. The molecule has 0 aliphatic heterocycles. The average Bonchev–Trinajstić information content (AvgIpc) is 2.44. The van der Waals surface area contributed by atoms with Gasteiger partial charge in [0.1, 0.15) is 16.8 Å². The number of sulfonamides is 1. The molecule has 1 amide bonds. The number of carboxylic acids is 1. The molecule has 0 saturated heterocycles. The van der Waals surface area contributed by atoms with Gasteiger partial charge in [-0.05, 0) is 26.0 Å². The Bertz CT molecular complexity index is 677. The van der Waals surface area contributed by atoms with E-state index >= 15 is 0 Å². The van der Waals surface area contributed by atoms with Gasteiger partial charge in [0.2, 0.25) is 15.9 Å². The highest BCUT2D eigenvalue weighted by Crippen LogP contribution is 2.14. The van der Waals surface area contributed by atoms with E-state index in [0.717, 1.165) is 17.0 Å². The van der Waals surface area contributed by atoms with Crippen molar-refractivity contribution in [3.8, 4) is 0 Å². The minimum atomic E-state index is -4.23. The third-order valence-electron chi connectivity index (χ3n) is 3.11. The Morgan fingerprint density at radius 3 is 2.32 bits per heavy atom. The molecule has 1 aromatic carbocycles. The first-order valence-electron chi connectivity index (χ1n) is 6.34. The summed E-state index contributed by atoms with van der Waals surface area (Å²) < 4.78 is 39.7. The molecule has 0 aromatic heterocycles. The van der Waals surface area contributed by atoms with Crippen molar-refractivity contribution in [2.45, 2.75) is 30.8 Å². The Labute approximate surface area is 127 Å². The number of rotatable bonds is 6. The van der Waals surface area contributed by atoms with Crippen LogP contribution < -0.4 is 4.72 Å². The van der Waals surface area contributed by atoms with Crippen LogP contribution >= 0.6 is 0 Å². The fourth-order valence-corrected chi connectivity index (χ4v) is 2.95. The Kier molecular flexibility index (Phi) is 5.61. The van der Waals surface area contributed by atoms with E-state index in [1.165, 1.54) is 33.0 Å². The number of halogens is 1. The van der Waals surface area contributed by atoms with Gasteiger partial charge < -0.3 is 10.0 Å². The lowest BCUT2D eigenvalue weighted by Crippen LogP contribution is -2.50. The zero-order valence-corrected chi connectivity index (χ0v) is 13.1. The van der Waals surface area contributed by atoms with Gasteiger partial charge in [0.25, 0.3) is 0 Å². The number of nitrogens with zero attached hydrogens (tertiary/aromatic N) is 1. The number of benzene rings is 1. The molecule has 0 radical (unpaired) electrons. The Balaban J connectivity index is 2.92. The van der Waals surface area contributed by atoms with Crippen LogP contribution in [0.1, 0.15) is 13.8 Å². The molecule has 1 aromatic rings. The monoisotopic (exact) mass is 332 g/mol. The van der Waals surface area contributed by atoms with Crippen molar-refractivity contribution in [1.82, 2.24) is 9.62 Å². The summed E-state index contributed by atoms with van der Waals surface area (Å²) >= 11 is 0. The molecule has 0 fully saturated rings. The first kappa shape index (κ1) is 18.1. The number of carboxylic acid groups (broad SMARTS) is 1. The molecule has 2 N–H and O–H groups in total. The summed E-state index contributed by atoms with van der Waals surface area (Å²) in [5, 5.41) is 8.85. The summed E-state index contributed by atoms with van der Waals surface area (Å²) in [5.41, 5.74) is 0. The molecular weight excluding hydrogens is 315 g/mol. The molecule has 0 aliphatic carbocycles. The van der Waals surface area contributed by atoms with Crippen LogP contribution in [0.5, 0.6) is 0 Å². The number of hydrogen-bond donors (Lipinski definition) is 2. The van der Waals surface area contributed by atoms with Crippen LogP contribution in [0.25, 0.3) is 0 Å². The van der Waals surface area contributed by atoms with Crippen molar-refractivity contribution in [1.29, 1.82) is 0 Å². The molecule has 7 nitrogen and oxygen atoms in total. The van der Waals surface area contributed by atoms with Gasteiger partial charge in [-0.3, -0.25) is 4.79 Å². The lowest BCUT2D eigenvalue weighted by molar-refractivity contribution is -0.148. The highest BCUT2D eigenvalue weighted by atomic mass is 32.2. The van der Waals surface area contributed by atoms with Gasteiger partial charge in [0.05, 0.1) is 6.04 Å². The van der Waals surface area contributed by atoms with Gasteiger partial charge in [-0.2, -0.15) is 4.72 Å². The smallest absolute Gasteiger partial charge is 0.326 e. The Hall–Kier alpha value is -2.00. The van der Waals surface area contributed by atoms with Crippen molar-refractivity contribution >= 4 is 21.9 Å². The van der Waals surface area contributed by atoms with E-state index in [-0.39, 0.29) is 0 Å². The molecule has 0 spiro atoms. The summed E-state index contributed by atoms with van der Waals surface area (Å²) in [6.07, 6.45) is 0. The molecule has 1 rings (SSSR count). The molecule has 0 saturated carbocycles. The minimum Gasteiger partial charge on any atom is -0.480 e. The van der Waals surface area contributed by atoms with Crippen molar-refractivity contribution in [2.75, 3.05) is 7.05 Å². The van der Waals surface area contributed by atoms with Gasteiger partial charge in [0.15, 0.2) is 0 Å². The second-order valence-corrected chi connectivity index (χ2v) is 6.42. The van der Waals surface area contributed by atoms with Crippen LogP contribution in [-0.4, -0.2) is 49.4 Å². The van der Waals surface area contributed by atoms with E-state index in [2.05, 4.69) is 0 Å². The van der Waals surface area contributed by atoms with Crippen LogP contribution in [0, 0.1) is 5.82 Å². The third kappa shape index (κ3) is 4.01. The van der Waals surface area contributed by atoms with Crippen LogP contribution in [0.2, 0.25) is 0 Å². The first-order chi connectivity index (χ1) is 10.1. The van der Waals surface area contributed by atoms with Crippen molar-refractivity contribution in [3.05, 3.63) is 30.1 Å². The van der Waals surface area contributed by atoms with E-state index in [9.17, 15) is 22.4 Å². The predicted molar refractivity (Wildman–Crippen MR) is 76.1 cm³/mol. The SMILES string of the molecule is CC(NS(=O)(=O)c1ccccc1F)C(=O)N(C)C(C)C(=O)O. The van der Waals surface area contributed by atoms with Gasteiger partial charge in [0, 0.05) is 7.05 Å². The molecule has 0 aliphatic rings. The van der Waals surface area contributed by atoms with E-state index < -0.39 is 44.7 Å². The van der Waals surface area contributed by atoms with Crippen LogP contribution in [0.3, 0.4) is 0 Å². The lowest BCUT2D eigenvalue weighted by Gasteiger charge is -2.25. The number of nitrogens with one attached hydrogen (secondary N) is 1. The maximum absolute atomic E-state index is 13.5. The number of hydrogen-bond acceptors (Lipinski definition) is 4. The van der Waals surface area contributed by atoms with Crippen LogP contribution in [0.15, 0.2) is 29.2 Å². The average molecular weight is 332 g/mol. The molecule has 2 unspecified atom stereocenters. The molecular formula is C13H17FN2O5S. The standard InChI is InChI=1S/C13H17FN2O5S/c1-8(12(17)16(3)9(2)13(18)19)15-22(20,21)11-7-5-4-6-10(11)14/h4-9,15H,1-3H3,(H,18,19). The maximum Gasteiger partial charge on any atom is 0.326 e. The fraction of sp³-hybridized carbons (Fsp3) is 0.385. The second kappa shape index (κ2) is 6.84. The highest BCUT2D eigenvalue weighted by Gasteiger charge is 2.29. The predicted octanol–water partition coefficient (Wildman–Crippen LogP) is 0.424. The summed E-state index contributed by atoms with van der Waals surface area (Å²) in [5.74, 6) is -2.91. The lowest BCUT2D eigenvalue weighted by atomic mass is 10.2. The molecule has 0 bridgehead atoms. The molecule has 22 heavy (non-hydrogen) atoms. The number of carbonyl (C=O) groups is 2. The van der Waals surface area contributed by atoms with Crippen LogP contribution in [0.4, 0.5) is 4.39 Å². The minimum absolute atomic E-state index is 0.580. The number of likely N-dealkylation sites (N-methyl/N-ethyl adjacent to an activating group) is 1. The Morgan fingerprint density at radius 2 is 1.82 bits per heavy atom. The highest BCUT2D eigenvalue weighted by molar-refractivity contribution is 7.89. The molecule has 9 heteroatoms. The van der Waals surface area contributed by atoms with E-state index in [1.807, 2.05) is 4.72 Å². The van der Waals surface area contributed by atoms with Crippen molar-refractivity contribution < 1.29 is 27.5 Å². The summed E-state index contributed by atoms with van der Waals surface area (Å²) in [7, 11) is -2.99. The van der Waals surface area contributed by atoms with E-state index in [0.29, 0.717) is 0 Å². The quantitative estimate of drug-likeness (QED) is 0.786. The topological polar surface area (TPSA) is 104 Å². The molecule has 0 heterocycles. The fourth-order valence-electron chi connectivity index (χ4n) is 1.67.